The van der Waals surface area contributed by atoms with Crippen molar-refractivity contribution in [2.24, 2.45) is 45.3 Å². The topological polar surface area (TPSA) is 86.7 Å². The first kappa shape index (κ1) is 34.5. The number of rotatable bonds is 6. The standard InChI is InChI=1S/C41H60N2O4S/c1-7-28-14-19-41(42-22-23-43-24-26-48(46,47)27-25-43)21-20-39(5)32(35(28)41)12-13-34-38(4)17-15-31(29-8-10-30(11-9-29)36(44)45)37(2,3)33(38)16-18-40(34,39)6/h7-11,15,32-35,42H,12-14,16-27H2,1-6H3,(H,44,45)/b28-7+/t32-,33+,34-,35-,38+,39-,40-,41+/m1/s1. The summed E-state index contributed by atoms with van der Waals surface area (Å²) in [4.78, 5) is 13.9. The lowest BCUT2D eigenvalue weighted by Crippen LogP contribution is -2.67. The lowest BCUT2D eigenvalue weighted by atomic mass is 9.33. The Kier molecular flexibility index (Phi) is 8.48. The number of carbonyl (C=O) groups is 1. The Bertz CT molecular complexity index is 1600. The maximum Gasteiger partial charge on any atom is 0.335 e. The second-order valence-corrected chi connectivity index (χ2v) is 20.3. The van der Waals surface area contributed by atoms with Crippen molar-refractivity contribution >= 4 is 21.4 Å². The summed E-state index contributed by atoms with van der Waals surface area (Å²) >= 11 is 0. The first-order chi connectivity index (χ1) is 22.6. The van der Waals surface area contributed by atoms with Crippen molar-refractivity contribution in [3.05, 3.63) is 53.1 Å². The number of allylic oxidation sites excluding steroid dienone is 3. The summed E-state index contributed by atoms with van der Waals surface area (Å²) in [6, 6.07) is 7.59. The van der Waals surface area contributed by atoms with Gasteiger partial charge in [0.05, 0.1) is 17.1 Å². The van der Waals surface area contributed by atoms with Gasteiger partial charge in [-0.15, -0.1) is 0 Å². The molecule has 7 rings (SSSR count). The van der Waals surface area contributed by atoms with Crippen LogP contribution in [0.1, 0.15) is 115 Å². The molecule has 0 spiro atoms. The van der Waals surface area contributed by atoms with E-state index >= 15 is 0 Å². The molecule has 0 unspecified atom stereocenters. The molecule has 0 aromatic heterocycles. The fraction of sp³-hybridized carbons (Fsp3) is 0.732. The van der Waals surface area contributed by atoms with Crippen LogP contribution in [-0.4, -0.2) is 67.6 Å². The van der Waals surface area contributed by atoms with Gasteiger partial charge in [0.1, 0.15) is 0 Å². The smallest absolute Gasteiger partial charge is 0.335 e. The Morgan fingerprint density at radius 3 is 2.31 bits per heavy atom. The van der Waals surface area contributed by atoms with Gasteiger partial charge >= 0.3 is 5.97 Å². The Hall–Kier alpha value is -1.96. The number of carboxylic acids is 1. The maximum atomic E-state index is 12.0. The lowest BCUT2D eigenvalue weighted by molar-refractivity contribution is -0.213. The molecule has 0 amide bonds. The molecule has 1 aliphatic heterocycles. The Morgan fingerprint density at radius 2 is 1.65 bits per heavy atom. The molecule has 6 aliphatic rings. The minimum atomic E-state index is -2.85. The molecule has 2 N–H and O–H groups in total. The van der Waals surface area contributed by atoms with Crippen LogP contribution in [0.3, 0.4) is 0 Å². The average molecular weight is 677 g/mol. The van der Waals surface area contributed by atoms with Gasteiger partial charge in [0.2, 0.25) is 0 Å². The summed E-state index contributed by atoms with van der Waals surface area (Å²) in [7, 11) is -2.85. The van der Waals surface area contributed by atoms with Crippen molar-refractivity contribution in [1.29, 1.82) is 0 Å². The molecule has 0 radical (unpaired) electrons. The van der Waals surface area contributed by atoms with Crippen LogP contribution in [0, 0.1) is 45.3 Å². The van der Waals surface area contributed by atoms with E-state index in [1.54, 1.807) is 17.7 Å². The normalized spacial score (nSPS) is 42.6. The highest BCUT2D eigenvalue weighted by molar-refractivity contribution is 7.91. The van der Waals surface area contributed by atoms with E-state index in [-0.39, 0.29) is 16.4 Å². The molecule has 1 aromatic rings. The van der Waals surface area contributed by atoms with Gasteiger partial charge in [-0.1, -0.05) is 64.5 Å². The largest absolute Gasteiger partial charge is 0.478 e. The minimum Gasteiger partial charge on any atom is -0.478 e. The molecule has 7 heteroatoms. The number of sulfone groups is 1. The van der Waals surface area contributed by atoms with E-state index in [2.05, 4.69) is 63.9 Å². The fourth-order valence-electron chi connectivity index (χ4n) is 13.4. The van der Waals surface area contributed by atoms with E-state index in [1.165, 1.54) is 62.5 Å². The highest BCUT2D eigenvalue weighted by Gasteiger charge is 2.69. The van der Waals surface area contributed by atoms with Gasteiger partial charge in [-0.05, 0) is 127 Å². The summed E-state index contributed by atoms with van der Waals surface area (Å²) in [6.45, 7) is 18.5. The number of fused-ring (bicyclic) bond motifs is 7. The maximum absolute atomic E-state index is 12.0. The molecule has 6 nitrogen and oxygen atoms in total. The third kappa shape index (κ3) is 5.14. The van der Waals surface area contributed by atoms with E-state index in [0.29, 0.717) is 64.7 Å². The van der Waals surface area contributed by atoms with E-state index in [0.717, 1.165) is 19.5 Å². The molecular formula is C41H60N2O4S. The van der Waals surface area contributed by atoms with E-state index in [4.69, 9.17) is 0 Å². The predicted molar refractivity (Wildman–Crippen MR) is 195 cm³/mol. The highest BCUT2D eigenvalue weighted by atomic mass is 32.2. The highest BCUT2D eigenvalue weighted by Crippen LogP contribution is 2.76. The molecule has 264 valence electrons. The number of nitrogens with one attached hydrogen (secondary N) is 1. The molecular weight excluding hydrogens is 617 g/mol. The van der Waals surface area contributed by atoms with Gasteiger partial charge in [0.25, 0.3) is 0 Å². The molecule has 0 bridgehead atoms. The van der Waals surface area contributed by atoms with Crippen molar-refractivity contribution in [1.82, 2.24) is 10.2 Å². The van der Waals surface area contributed by atoms with Crippen LogP contribution in [0.4, 0.5) is 0 Å². The monoisotopic (exact) mass is 676 g/mol. The first-order valence-corrected chi connectivity index (χ1v) is 20.8. The van der Waals surface area contributed by atoms with E-state index in [9.17, 15) is 18.3 Å². The number of hydrogen-bond acceptors (Lipinski definition) is 5. The number of hydrogen-bond donors (Lipinski definition) is 2. The van der Waals surface area contributed by atoms with Crippen LogP contribution in [0.2, 0.25) is 0 Å². The molecule has 1 saturated heterocycles. The zero-order chi connectivity index (χ0) is 34.3. The van der Waals surface area contributed by atoms with E-state index in [1.807, 2.05) is 12.1 Å². The summed E-state index contributed by atoms with van der Waals surface area (Å²) in [5, 5.41) is 13.7. The van der Waals surface area contributed by atoms with Crippen molar-refractivity contribution in [2.45, 2.75) is 105 Å². The van der Waals surface area contributed by atoms with Gasteiger partial charge in [0, 0.05) is 37.6 Å². The van der Waals surface area contributed by atoms with Crippen LogP contribution in [-0.2, 0) is 9.84 Å². The Balaban J connectivity index is 1.14. The zero-order valence-corrected chi connectivity index (χ0v) is 31.2. The van der Waals surface area contributed by atoms with Crippen LogP contribution in [0.15, 0.2) is 42.0 Å². The van der Waals surface area contributed by atoms with Crippen molar-refractivity contribution in [2.75, 3.05) is 37.7 Å². The molecule has 48 heavy (non-hydrogen) atoms. The third-order valence-electron chi connectivity index (χ3n) is 16.0. The molecule has 1 aromatic carbocycles. The fourth-order valence-corrected chi connectivity index (χ4v) is 14.6. The zero-order valence-electron chi connectivity index (χ0n) is 30.4. The molecule has 4 saturated carbocycles. The Morgan fingerprint density at radius 1 is 0.938 bits per heavy atom. The summed E-state index contributed by atoms with van der Waals surface area (Å²) in [5.41, 5.74) is 5.62. The minimum absolute atomic E-state index is 0.0184. The Labute approximate surface area is 290 Å². The molecule has 5 aliphatic carbocycles. The predicted octanol–water partition coefficient (Wildman–Crippen LogP) is 7.86. The van der Waals surface area contributed by atoms with Gasteiger partial charge in [0.15, 0.2) is 9.84 Å². The molecule has 5 fully saturated rings. The van der Waals surface area contributed by atoms with Crippen LogP contribution < -0.4 is 5.32 Å². The molecule has 1 heterocycles. The second-order valence-electron chi connectivity index (χ2n) is 18.0. The number of carboxylic acid groups (broad SMARTS) is 1. The van der Waals surface area contributed by atoms with Crippen molar-refractivity contribution in [3.63, 3.8) is 0 Å². The first-order valence-electron chi connectivity index (χ1n) is 19.0. The average Bonchev–Trinajstić information content (AvgIpc) is 3.41. The van der Waals surface area contributed by atoms with Crippen molar-refractivity contribution < 1.29 is 18.3 Å². The summed E-state index contributed by atoms with van der Waals surface area (Å²) in [5.74, 6) is 2.29. The number of benzene rings is 1. The van der Waals surface area contributed by atoms with Gasteiger partial charge < -0.3 is 15.3 Å². The number of nitrogens with zero attached hydrogens (tertiary/aromatic N) is 1. The second kappa shape index (κ2) is 11.8. The van der Waals surface area contributed by atoms with E-state index < -0.39 is 15.8 Å². The molecule has 8 atom stereocenters. The van der Waals surface area contributed by atoms with Crippen LogP contribution in [0.25, 0.3) is 5.57 Å². The van der Waals surface area contributed by atoms with Gasteiger partial charge in [-0.2, -0.15) is 0 Å². The number of aromatic carboxylic acids is 1. The quantitative estimate of drug-likeness (QED) is 0.299. The van der Waals surface area contributed by atoms with Crippen molar-refractivity contribution in [3.8, 4) is 0 Å². The van der Waals surface area contributed by atoms with Crippen LogP contribution in [0.5, 0.6) is 0 Å². The van der Waals surface area contributed by atoms with Gasteiger partial charge in [-0.3, -0.25) is 0 Å². The van der Waals surface area contributed by atoms with Gasteiger partial charge in [-0.25, -0.2) is 13.2 Å². The summed E-state index contributed by atoms with van der Waals surface area (Å²) < 4.78 is 24.0. The third-order valence-corrected chi connectivity index (χ3v) is 17.6. The van der Waals surface area contributed by atoms with Crippen LogP contribution >= 0.6 is 0 Å². The SMILES string of the molecule is C/C=C1\CC[C@]2(NCCN3CCS(=O)(=O)CC3)CC[C@]3(C)[C@H](CC[C@@H]4[C@@]5(C)CC=C(c6ccc(C(=O)O)cc6)C(C)(C)[C@@H]5CC[C@]43C)[C@@H]12. The lowest BCUT2D eigenvalue weighted by Gasteiger charge is -2.72. The summed E-state index contributed by atoms with van der Waals surface area (Å²) in [6.07, 6.45) is 16.2.